The zero-order valence-electron chi connectivity index (χ0n) is 16.1. The van der Waals surface area contributed by atoms with Gasteiger partial charge in [-0.1, -0.05) is 35.3 Å². The number of hydrogen-bond donors (Lipinski definition) is 3. The van der Waals surface area contributed by atoms with Crippen molar-refractivity contribution < 1.29 is 18.5 Å². The highest BCUT2D eigenvalue weighted by molar-refractivity contribution is 7.78. The van der Waals surface area contributed by atoms with Crippen molar-refractivity contribution in [2.75, 3.05) is 10.6 Å². The number of carbonyl (C=O) groups excluding carboxylic acids is 1. The summed E-state index contributed by atoms with van der Waals surface area (Å²) < 4.78 is 21.6. The monoisotopic (exact) mass is 440 g/mol. The SMILES string of the molecule is NC(=O)c1cnc(Nc2ccc(CS(=O)[O-])cc2)cc1NCc1cccc([N+](=O)[O-])c1. The molecule has 11 heteroatoms. The van der Waals surface area contributed by atoms with Crippen LogP contribution in [-0.2, 0) is 23.4 Å². The molecule has 31 heavy (non-hydrogen) atoms. The van der Waals surface area contributed by atoms with Crippen LogP contribution in [0.4, 0.5) is 22.9 Å². The molecule has 0 aliphatic rings. The summed E-state index contributed by atoms with van der Waals surface area (Å²) in [6, 6.07) is 14.5. The fraction of sp³-hybridized carbons (Fsp3) is 0.100. The number of benzene rings is 2. The van der Waals surface area contributed by atoms with Crippen molar-refractivity contribution in [3.05, 3.63) is 87.6 Å². The summed E-state index contributed by atoms with van der Waals surface area (Å²) in [6.07, 6.45) is 1.33. The molecule has 3 rings (SSSR count). The van der Waals surface area contributed by atoms with Gasteiger partial charge in [0.05, 0.1) is 16.2 Å². The number of carbonyl (C=O) groups is 1. The summed E-state index contributed by atoms with van der Waals surface area (Å²) in [5, 5.41) is 17.1. The maximum Gasteiger partial charge on any atom is 0.269 e. The molecule has 0 aliphatic heterocycles. The molecular weight excluding hydrogens is 422 g/mol. The van der Waals surface area contributed by atoms with Crippen molar-refractivity contribution in [1.82, 2.24) is 4.98 Å². The highest BCUT2D eigenvalue weighted by atomic mass is 32.2. The molecule has 0 radical (unpaired) electrons. The lowest BCUT2D eigenvalue weighted by Gasteiger charge is -2.13. The highest BCUT2D eigenvalue weighted by Crippen LogP contribution is 2.23. The van der Waals surface area contributed by atoms with Gasteiger partial charge in [0.2, 0.25) is 0 Å². The van der Waals surface area contributed by atoms with Gasteiger partial charge >= 0.3 is 0 Å². The standard InChI is InChI=1S/C20H19N5O5S/c21-20(26)17-11-23-19(24-15-6-4-13(5-7-15)12-31(29)30)9-18(17)22-10-14-2-1-3-16(8-14)25(27)28/h1-9,11H,10,12H2,(H2,21,26)(H,29,30)(H2,22,23,24)/p-1. The second-order valence-electron chi connectivity index (χ2n) is 6.53. The number of nitrogens with zero attached hydrogens (tertiary/aromatic N) is 2. The van der Waals surface area contributed by atoms with E-state index >= 15 is 0 Å². The van der Waals surface area contributed by atoms with Crippen LogP contribution in [0.15, 0.2) is 60.8 Å². The molecule has 1 unspecified atom stereocenters. The van der Waals surface area contributed by atoms with Crippen molar-refractivity contribution in [3.8, 4) is 0 Å². The van der Waals surface area contributed by atoms with Crippen LogP contribution in [0.1, 0.15) is 21.5 Å². The first-order chi connectivity index (χ1) is 14.8. The summed E-state index contributed by atoms with van der Waals surface area (Å²) in [6.45, 7) is 0.229. The molecule has 0 fully saturated rings. The van der Waals surface area contributed by atoms with E-state index in [1.807, 2.05) is 0 Å². The van der Waals surface area contributed by atoms with Gasteiger partial charge in [-0.3, -0.25) is 19.1 Å². The number of nitrogens with one attached hydrogen (secondary N) is 2. The van der Waals surface area contributed by atoms with Gasteiger partial charge in [-0.2, -0.15) is 0 Å². The van der Waals surface area contributed by atoms with Crippen LogP contribution in [0.25, 0.3) is 0 Å². The number of anilines is 3. The number of non-ortho nitro benzene ring substituents is 1. The van der Waals surface area contributed by atoms with Crippen LogP contribution >= 0.6 is 0 Å². The van der Waals surface area contributed by atoms with E-state index in [0.29, 0.717) is 28.3 Å². The molecule has 0 saturated heterocycles. The Morgan fingerprint density at radius 1 is 1.13 bits per heavy atom. The van der Waals surface area contributed by atoms with Crippen LogP contribution in [0, 0.1) is 10.1 Å². The van der Waals surface area contributed by atoms with Gasteiger partial charge in [-0.25, -0.2) is 4.98 Å². The number of nitrogens with two attached hydrogens (primary N) is 1. The molecule has 0 aliphatic carbocycles. The largest absolute Gasteiger partial charge is 0.772 e. The van der Waals surface area contributed by atoms with E-state index in [2.05, 4.69) is 15.6 Å². The van der Waals surface area contributed by atoms with E-state index in [0.717, 1.165) is 0 Å². The first-order valence-corrected chi connectivity index (χ1v) is 10.2. The average molecular weight is 440 g/mol. The van der Waals surface area contributed by atoms with E-state index in [1.54, 1.807) is 42.5 Å². The van der Waals surface area contributed by atoms with E-state index in [-0.39, 0.29) is 23.5 Å². The van der Waals surface area contributed by atoms with Crippen LogP contribution in [0.3, 0.4) is 0 Å². The highest BCUT2D eigenvalue weighted by Gasteiger charge is 2.12. The fourth-order valence-electron chi connectivity index (χ4n) is 2.81. The van der Waals surface area contributed by atoms with Gasteiger partial charge in [-0.05, 0) is 23.3 Å². The number of aromatic nitrogens is 1. The number of nitro groups is 1. The topological polar surface area (TPSA) is 163 Å². The maximum atomic E-state index is 11.8. The molecule has 0 saturated carbocycles. The second kappa shape index (κ2) is 9.78. The smallest absolute Gasteiger partial charge is 0.269 e. The Labute approximate surface area is 179 Å². The minimum atomic E-state index is -2.17. The van der Waals surface area contributed by atoms with Gasteiger partial charge in [0, 0.05) is 42.4 Å². The summed E-state index contributed by atoms with van der Waals surface area (Å²) >= 11 is -2.17. The lowest BCUT2D eigenvalue weighted by atomic mass is 10.1. The average Bonchev–Trinajstić information content (AvgIpc) is 2.73. The van der Waals surface area contributed by atoms with Crippen LogP contribution in [0.5, 0.6) is 0 Å². The first kappa shape index (κ1) is 21.9. The van der Waals surface area contributed by atoms with Gasteiger partial charge < -0.3 is 20.9 Å². The first-order valence-electron chi connectivity index (χ1n) is 9.00. The second-order valence-corrected chi connectivity index (χ2v) is 7.43. The fourth-order valence-corrected chi connectivity index (χ4v) is 3.28. The minimum Gasteiger partial charge on any atom is -0.772 e. The van der Waals surface area contributed by atoms with Crippen molar-refractivity contribution in [2.45, 2.75) is 12.3 Å². The Bertz CT molecular complexity index is 1140. The van der Waals surface area contributed by atoms with Gasteiger partial charge in [0.15, 0.2) is 0 Å². The molecule has 0 spiro atoms. The normalized spacial score (nSPS) is 11.5. The molecule has 2 aromatic carbocycles. The van der Waals surface area contributed by atoms with Crippen LogP contribution in [-0.4, -0.2) is 24.6 Å². The Kier molecular flexibility index (Phi) is 6.90. The summed E-state index contributed by atoms with van der Waals surface area (Å²) in [4.78, 5) is 26.4. The third kappa shape index (κ3) is 6.07. The zero-order valence-corrected chi connectivity index (χ0v) is 16.9. The maximum absolute atomic E-state index is 11.8. The van der Waals surface area contributed by atoms with Crippen LogP contribution < -0.4 is 16.4 Å². The van der Waals surface area contributed by atoms with Crippen molar-refractivity contribution in [3.63, 3.8) is 0 Å². The molecule has 10 nitrogen and oxygen atoms in total. The zero-order chi connectivity index (χ0) is 22.4. The molecule has 1 heterocycles. The van der Waals surface area contributed by atoms with Crippen molar-refractivity contribution in [1.29, 1.82) is 0 Å². The predicted octanol–water partition coefficient (Wildman–Crippen LogP) is 2.82. The number of rotatable bonds is 9. The Morgan fingerprint density at radius 2 is 1.87 bits per heavy atom. The number of primary amides is 1. The predicted molar refractivity (Wildman–Crippen MR) is 116 cm³/mol. The van der Waals surface area contributed by atoms with E-state index in [4.69, 9.17) is 5.73 Å². The van der Waals surface area contributed by atoms with Gasteiger partial charge in [0.25, 0.3) is 11.6 Å². The molecule has 1 atom stereocenters. The van der Waals surface area contributed by atoms with Crippen molar-refractivity contribution in [2.24, 2.45) is 5.73 Å². The summed E-state index contributed by atoms with van der Waals surface area (Å²) in [5.74, 6) is -0.320. The Hall–Kier alpha value is -3.83. The number of nitro benzene ring substituents is 1. The molecule has 0 bridgehead atoms. The molecule has 4 N–H and O–H groups in total. The number of pyridine rings is 1. The number of amides is 1. The molecule has 160 valence electrons. The lowest BCUT2D eigenvalue weighted by Crippen LogP contribution is -2.15. The Balaban J connectivity index is 1.77. The lowest BCUT2D eigenvalue weighted by molar-refractivity contribution is -0.384. The third-order valence-corrected chi connectivity index (χ3v) is 4.85. The minimum absolute atomic E-state index is 0.0317. The Morgan fingerprint density at radius 3 is 2.52 bits per heavy atom. The molecular formula is C20H18N5O5S-. The quantitative estimate of drug-likeness (QED) is 0.260. The summed E-state index contributed by atoms with van der Waals surface area (Å²) in [5.41, 5.74) is 7.95. The van der Waals surface area contributed by atoms with Crippen LogP contribution in [0.2, 0.25) is 0 Å². The third-order valence-electron chi connectivity index (χ3n) is 4.28. The van der Waals surface area contributed by atoms with E-state index in [1.165, 1.54) is 18.3 Å². The number of hydrogen-bond acceptors (Lipinski definition) is 8. The summed E-state index contributed by atoms with van der Waals surface area (Å²) in [7, 11) is 0. The van der Waals surface area contributed by atoms with Crippen molar-refractivity contribution >= 4 is 39.9 Å². The van der Waals surface area contributed by atoms with E-state index < -0.39 is 21.9 Å². The van der Waals surface area contributed by atoms with Gasteiger partial charge in [-0.15, -0.1) is 0 Å². The van der Waals surface area contributed by atoms with E-state index in [9.17, 15) is 23.7 Å². The van der Waals surface area contributed by atoms with Gasteiger partial charge in [0.1, 0.15) is 5.82 Å². The molecule has 1 aromatic heterocycles. The molecule has 1 amide bonds. The molecule has 3 aromatic rings.